The Kier molecular flexibility index (Phi) is 1.95. The van der Waals surface area contributed by atoms with Crippen LogP contribution < -0.4 is 11.2 Å². The Morgan fingerprint density at radius 1 is 1.25 bits per heavy atom. The van der Waals surface area contributed by atoms with Crippen molar-refractivity contribution in [1.82, 2.24) is 18.7 Å². The molecule has 2 aromatic heterocycles. The molecule has 0 radical (unpaired) electrons. The normalized spacial score (nSPS) is 10.6. The molecule has 0 aliphatic rings. The van der Waals surface area contributed by atoms with Gasteiger partial charge in [-0.25, -0.2) is 14.3 Å². The third kappa shape index (κ3) is 1.04. The number of hydrogen-bond donors (Lipinski definition) is 0. The van der Waals surface area contributed by atoms with Crippen LogP contribution in [0.4, 0.5) is 0 Å². The van der Waals surface area contributed by atoms with E-state index in [0.717, 1.165) is 9.13 Å². The minimum atomic E-state index is -0.491. The molecule has 0 saturated heterocycles. The van der Waals surface area contributed by atoms with Gasteiger partial charge in [0.05, 0.1) is 0 Å². The zero-order valence-electron chi connectivity index (χ0n) is 9.05. The van der Waals surface area contributed by atoms with Crippen molar-refractivity contribution in [2.24, 2.45) is 14.1 Å². The molecule has 0 bridgehead atoms. The molecule has 16 heavy (non-hydrogen) atoms. The Bertz CT molecular complexity index is 740. The van der Waals surface area contributed by atoms with Gasteiger partial charge in [-0.2, -0.15) is 5.26 Å². The topological polar surface area (TPSA) is 85.6 Å². The van der Waals surface area contributed by atoms with Crippen molar-refractivity contribution in [2.75, 3.05) is 0 Å². The van der Waals surface area contributed by atoms with E-state index in [1.54, 1.807) is 6.92 Å². The molecular weight excluding hydrogens is 210 g/mol. The maximum absolute atomic E-state index is 11.7. The van der Waals surface area contributed by atoms with Gasteiger partial charge in [0.2, 0.25) is 0 Å². The van der Waals surface area contributed by atoms with E-state index in [9.17, 15) is 9.59 Å². The Labute approximate surface area is 89.8 Å². The average Bonchev–Trinajstić information content (AvgIpc) is 2.60. The first kappa shape index (κ1) is 10.2. The Morgan fingerprint density at radius 2 is 1.88 bits per heavy atom. The van der Waals surface area contributed by atoms with Gasteiger partial charge in [-0.3, -0.25) is 13.9 Å². The molecule has 2 aromatic rings. The first-order valence-corrected chi connectivity index (χ1v) is 4.54. The van der Waals surface area contributed by atoms with Crippen molar-refractivity contribution in [1.29, 1.82) is 5.26 Å². The van der Waals surface area contributed by atoms with Gasteiger partial charge >= 0.3 is 5.69 Å². The first-order chi connectivity index (χ1) is 7.49. The lowest BCUT2D eigenvalue weighted by atomic mass is 10.5. The van der Waals surface area contributed by atoms with Crippen LogP contribution in [0.2, 0.25) is 0 Å². The van der Waals surface area contributed by atoms with Gasteiger partial charge in [0, 0.05) is 14.1 Å². The average molecular weight is 219 g/mol. The van der Waals surface area contributed by atoms with Gasteiger partial charge in [0.15, 0.2) is 17.4 Å². The van der Waals surface area contributed by atoms with E-state index >= 15 is 0 Å². The van der Waals surface area contributed by atoms with Crippen molar-refractivity contribution in [2.45, 2.75) is 6.92 Å². The molecule has 2 heterocycles. The summed E-state index contributed by atoms with van der Waals surface area (Å²) in [6, 6.07) is 0. The van der Waals surface area contributed by atoms with E-state index in [0.29, 0.717) is 5.82 Å². The largest absolute Gasteiger partial charge is 0.332 e. The quantitative estimate of drug-likeness (QED) is 0.573. The van der Waals surface area contributed by atoms with Gasteiger partial charge in [-0.15, -0.1) is 0 Å². The smallest absolute Gasteiger partial charge is 0.280 e. The number of nitrogens with zero attached hydrogens (tertiary/aromatic N) is 5. The van der Waals surface area contributed by atoms with E-state index < -0.39 is 11.2 Å². The molecule has 7 nitrogen and oxygen atoms in total. The summed E-state index contributed by atoms with van der Waals surface area (Å²) in [5.74, 6) is 0.385. The standard InChI is InChI=1S/C9H9N5O2/c1-5-11-6-7(14(5)4-10)12(2)9(16)13(3)8(6)15/h1-3H3. The van der Waals surface area contributed by atoms with Gasteiger partial charge in [0.25, 0.3) is 5.56 Å². The third-order valence-corrected chi connectivity index (χ3v) is 2.52. The Hall–Kier alpha value is -2.36. The molecule has 0 aromatic carbocycles. The summed E-state index contributed by atoms with van der Waals surface area (Å²) in [4.78, 5) is 27.4. The second-order valence-corrected chi connectivity index (χ2v) is 3.47. The molecule has 0 fully saturated rings. The van der Waals surface area contributed by atoms with E-state index in [-0.39, 0.29) is 11.2 Å². The number of aromatic nitrogens is 4. The van der Waals surface area contributed by atoms with Crippen LogP contribution in [-0.2, 0) is 14.1 Å². The van der Waals surface area contributed by atoms with Gasteiger partial charge in [-0.05, 0) is 6.92 Å². The highest BCUT2D eigenvalue weighted by Gasteiger charge is 2.16. The summed E-state index contributed by atoms with van der Waals surface area (Å²) in [6.07, 6.45) is 1.88. The van der Waals surface area contributed by atoms with E-state index in [1.807, 2.05) is 6.19 Å². The molecule has 0 amide bonds. The summed E-state index contributed by atoms with van der Waals surface area (Å²) in [7, 11) is 2.88. The summed E-state index contributed by atoms with van der Waals surface area (Å²) in [5.41, 5.74) is -0.610. The van der Waals surface area contributed by atoms with Gasteiger partial charge in [0.1, 0.15) is 5.82 Å². The number of nitriles is 1. The Morgan fingerprint density at radius 3 is 2.44 bits per heavy atom. The molecule has 2 rings (SSSR count). The van der Waals surface area contributed by atoms with Crippen LogP contribution in [-0.4, -0.2) is 18.7 Å². The fourth-order valence-corrected chi connectivity index (χ4v) is 1.65. The second kappa shape index (κ2) is 3.06. The van der Waals surface area contributed by atoms with Crippen LogP contribution in [0.15, 0.2) is 9.59 Å². The monoisotopic (exact) mass is 219 g/mol. The number of fused-ring (bicyclic) bond motifs is 1. The highest BCUT2D eigenvalue weighted by Crippen LogP contribution is 2.08. The van der Waals surface area contributed by atoms with Crippen LogP contribution in [0, 0.1) is 18.4 Å². The van der Waals surface area contributed by atoms with Crippen molar-refractivity contribution < 1.29 is 0 Å². The van der Waals surface area contributed by atoms with Crippen LogP contribution >= 0.6 is 0 Å². The van der Waals surface area contributed by atoms with Gasteiger partial charge in [-0.1, -0.05) is 0 Å². The lowest BCUT2D eigenvalue weighted by molar-refractivity contribution is 0.704. The highest BCUT2D eigenvalue weighted by molar-refractivity contribution is 5.71. The van der Waals surface area contributed by atoms with Crippen LogP contribution in [0.25, 0.3) is 11.2 Å². The zero-order valence-corrected chi connectivity index (χ0v) is 9.05. The van der Waals surface area contributed by atoms with E-state index in [4.69, 9.17) is 5.26 Å². The van der Waals surface area contributed by atoms with E-state index in [1.165, 1.54) is 18.7 Å². The predicted molar refractivity (Wildman–Crippen MR) is 56.0 cm³/mol. The maximum atomic E-state index is 11.7. The zero-order chi connectivity index (χ0) is 12.0. The first-order valence-electron chi connectivity index (χ1n) is 4.54. The second-order valence-electron chi connectivity index (χ2n) is 3.47. The van der Waals surface area contributed by atoms with Crippen molar-refractivity contribution in [3.8, 4) is 6.19 Å². The molecular formula is C9H9N5O2. The highest BCUT2D eigenvalue weighted by atomic mass is 16.2. The molecule has 0 aliphatic carbocycles. The Balaban J connectivity index is 3.24. The molecule has 0 spiro atoms. The fourth-order valence-electron chi connectivity index (χ4n) is 1.65. The summed E-state index contributed by atoms with van der Waals surface area (Å²) in [5, 5.41) is 8.93. The van der Waals surface area contributed by atoms with Crippen molar-refractivity contribution >= 4 is 11.2 Å². The summed E-state index contributed by atoms with van der Waals surface area (Å²) >= 11 is 0. The molecule has 0 saturated carbocycles. The third-order valence-electron chi connectivity index (χ3n) is 2.52. The lowest BCUT2D eigenvalue weighted by Crippen LogP contribution is -2.37. The van der Waals surface area contributed by atoms with Gasteiger partial charge < -0.3 is 0 Å². The van der Waals surface area contributed by atoms with Crippen molar-refractivity contribution in [3.63, 3.8) is 0 Å². The molecule has 7 heteroatoms. The predicted octanol–water partition coefficient (Wildman–Crippen LogP) is -0.929. The number of imidazole rings is 1. The minimum absolute atomic E-state index is 0.128. The number of hydrogen-bond acceptors (Lipinski definition) is 4. The molecule has 0 aliphatic heterocycles. The molecule has 0 unspecified atom stereocenters. The van der Waals surface area contributed by atoms with Crippen LogP contribution in [0.3, 0.4) is 0 Å². The number of aryl methyl sites for hydroxylation is 2. The summed E-state index contributed by atoms with van der Waals surface area (Å²) in [6.45, 7) is 1.60. The maximum Gasteiger partial charge on any atom is 0.332 e. The molecule has 0 atom stereocenters. The fraction of sp³-hybridized carbons (Fsp3) is 0.333. The van der Waals surface area contributed by atoms with E-state index in [2.05, 4.69) is 4.98 Å². The van der Waals surface area contributed by atoms with Crippen molar-refractivity contribution in [3.05, 3.63) is 26.7 Å². The summed E-state index contributed by atoms with van der Waals surface area (Å²) < 4.78 is 3.37. The minimum Gasteiger partial charge on any atom is -0.280 e. The molecule has 82 valence electrons. The lowest BCUT2D eigenvalue weighted by Gasteiger charge is -2.03. The number of rotatable bonds is 0. The molecule has 0 N–H and O–H groups in total. The SMILES string of the molecule is Cc1nc2c(=O)n(C)c(=O)n(C)c2n1C#N. The van der Waals surface area contributed by atoms with Crippen LogP contribution in [0.5, 0.6) is 0 Å². The van der Waals surface area contributed by atoms with Crippen LogP contribution in [0.1, 0.15) is 5.82 Å².